The van der Waals surface area contributed by atoms with Crippen LogP contribution < -0.4 is 4.74 Å². The van der Waals surface area contributed by atoms with Crippen LogP contribution >= 0.6 is 0 Å². The minimum absolute atomic E-state index is 0.180. The Kier molecular flexibility index (Phi) is 4.93. The molecule has 0 amide bonds. The molecule has 0 bridgehead atoms. The average molecular weight is 349 g/mol. The third-order valence-corrected chi connectivity index (χ3v) is 5.19. The Labute approximate surface area is 155 Å². The van der Waals surface area contributed by atoms with Crippen LogP contribution in [0.3, 0.4) is 0 Å². The van der Waals surface area contributed by atoms with Crippen molar-refractivity contribution in [3.8, 4) is 17.0 Å². The van der Waals surface area contributed by atoms with Crippen molar-refractivity contribution in [2.24, 2.45) is 0 Å². The summed E-state index contributed by atoms with van der Waals surface area (Å²) in [6.07, 6.45) is 9.24. The van der Waals surface area contributed by atoms with Crippen molar-refractivity contribution in [2.75, 3.05) is 13.1 Å². The van der Waals surface area contributed by atoms with Crippen molar-refractivity contribution < 1.29 is 4.74 Å². The van der Waals surface area contributed by atoms with Crippen molar-refractivity contribution >= 4 is 5.65 Å². The largest absolute Gasteiger partial charge is 0.475 e. The van der Waals surface area contributed by atoms with Crippen LogP contribution in [-0.4, -0.2) is 33.6 Å². The summed E-state index contributed by atoms with van der Waals surface area (Å²) in [5.41, 5.74) is 4.31. The molecule has 1 atom stereocenters. The Morgan fingerprint density at radius 3 is 2.58 bits per heavy atom. The number of aromatic nitrogens is 2. The molecule has 3 aromatic rings. The van der Waals surface area contributed by atoms with Crippen molar-refractivity contribution in [1.82, 2.24) is 14.3 Å². The molecule has 1 unspecified atom stereocenters. The molecule has 1 aliphatic rings. The standard InChI is InChI=1S/C22H27N3O/c1-3-22(24-12-5-4-6-13-24)26-19-9-7-18(8-10-19)20-16-25-14-11-17(2)15-21(25)23-20/h7-11,14-16,22H,3-6,12-13H2,1-2H3. The second kappa shape index (κ2) is 7.50. The molecule has 1 aliphatic heterocycles. The van der Waals surface area contributed by atoms with Gasteiger partial charge in [0.2, 0.25) is 0 Å². The van der Waals surface area contributed by atoms with Gasteiger partial charge in [-0.15, -0.1) is 0 Å². The van der Waals surface area contributed by atoms with E-state index < -0.39 is 0 Å². The van der Waals surface area contributed by atoms with E-state index in [2.05, 4.69) is 71.9 Å². The summed E-state index contributed by atoms with van der Waals surface area (Å²) < 4.78 is 8.33. The smallest absolute Gasteiger partial charge is 0.152 e. The highest BCUT2D eigenvalue weighted by Gasteiger charge is 2.20. The fourth-order valence-electron chi connectivity index (χ4n) is 3.71. The number of imidazole rings is 1. The van der Waals surface area contributed by atoms with Gasteiger partial charge in [0.05, 0.1) is 5.69 Å². The number of hydrogen-bond acceptors (Lipinski definition) is 3. The number of nitrogens with zero attached hydrogens (tertiary/aromatic N) is 3. The molecule has 0 saturated carbocycles. The van der Waals surface area contributed by atoms with Gasteiger partial charge in [-0.05, 0) is 68.1 Å². The number of likely N-dealkylation sites (tertiary alicyclic amines) is 1. The van der Waals surface area contributed by atoms with E-state index >= 15 is 0 Å². The van der Waals surface area contributed by atoms with Crippen molar-refractivity contribution in [3.63, 3.8) is 0 Å². The number of pyridine rings is 1. The summed E-state index contributed by atoms with van der Waals surface area (Å²) in [5, 5.41) is 0. The lowest BCUT2D eigenvalue weighted by Gasteiger charge is -2.34. The minimum atomic E-state index is 0.180. The molecule has 26 heavy (non-hydrogen) atoms. The number of fused-ring (bicyclic) bond motifs is 1. The summed E-state index contributed by atoms with van der Waals surface area (Å²) in [6, 6.07) is 12.5. The van der Waals surface area contributed by atoms with Crippen LogP contribution in [0.5, 0.6) is 5.75 Å². The topological polar surface area (TPSA) is 29.8 Å². The van der Waals surface area contributed by atoms with Gasteiger partial charge in [0.15, 0.2) is 6.23 Å². The van der Waals surface area contributed by atoms with Crippen LogP contribution in [-0.2, 0) is 0 Å². The number of benzene rings is 1. The van der Waals surface area contributed by atoms with E-state index in [1.807, 2.05) is 0 Å². The van der Waals surface area contributed by atoms with E-state index in [0.717, 1.165) is 42.2 Å². The third-order valence-electron chi connectivity index (χ3n) is 5.19. The Morgan fingerprint density at radius 2 is 1.85 bits per heavy atom. The molecule has 0 spiro atoms. The maximum atomic E-state index is 6.27. The number of ether oxygens (including phenoxy) is 1. The zero-order chi connectivity index (χ0) is 17.9. The highest BCUT2D eigenvalue weighted by molar-refractivity contribution is 5.63. The number of hydrogen-bond donors (Lipinski definition) is 0. The molecule has 0 radical (unpaired) electrons. The fraction of sp³-hybridized carbons (Fsp3) is 0.409. The van der Waals surface area contributed by atoms with Crippen LogP contribution in [0.1, 0.15) is 38.2 Å². The molecular weight excluding hydrogens is 322 g/mol. The molecule has 0 aliphatic carbocycles. The molecule has 136 valence electrons. The van der Waals surface area contributed by atoms with Gasteiger partial charge >= 0.3 is 0 Å². The molecule has 1 aromatic carbocycles. The Morgan fingerprint density at radius 1 is 1.08 bits per heavy atom. The van der Waals surface area contributed by atoms with E-state index in [1.54, 1.807) is 0 Å². The highest BCUT2D eigenvalue weighted by atomic mass is 16.5. The predicted molar refractivity (Wildman–Crippen MR) is 105 cm³/mol. The SMILES string of the molecule is CCC(Oc1ccc(-c2cn3ccc(C)cc3n2)cc1)N1CCCCC1. The molecule has 1 fully saturated rings. The molecule has 4 rings (SSSR count). The average Bonchev–Trinajstić information content (AvgIpc) is 3.10. The van der Waals surface area contributed by atoms with E-state index in [9.17, 15) is 0 Å². The molecular formula is C22H27N3O. The fourth-order valence-corrected chi connectivity index (χ4v) is 3.71. The van der Waals surface area contributed by atoms with E-state index in [0.29, 0.717) is 0 Å². The summed E-state index contributed by atoms with van der Waals surface area (Å²) in [4.78, 5) is 7.21. The van der Waals surface area contributed by atoms with Crippen molar-refractivity contribution in [1.29, 1.82) is 0 Å². The Bertz CT molecular complexity index is 863. The summed E-state index contributed by atoms with van der Waals surface area (Å²) in [6.45, 7) is 6.59. The predicted octanol–water partition coefficient (Wildman–Crippen LogP) is 4.91. The highest BCUT2D eigenvalue weighted by Crippen LogP contribution is 2.24. The first-order valence-electron chi connectivity index (χ1n) is 9.69. The molecule has 4 nitrogen and oxygen atoms in total. The maximum Gasteiger partial charge on any atom is 0.152 e. The number of rotatable bonds is 5. The van der Waals surface area contributed by atoms with Gasteiger partial charge in [-0.1, -0.05) is 13.3 Å². The van der Waals surface area contributed by atoms with Crippen LogP contribution in [0.15, 0.2) is 48.8 Å². The third kappa shape index (κ3) is 3.61. The second-order valence-corrected chi connectivity index (χ2v) is 7.20. The normalized spacial score (nSPS) is 16.7. The Balaban J connectivity index is 1.50. The second-order valence-electron chi connectivity index (χ2n) is 7.20. The van der Waals surface area contributed by atoms with Gasteiger partial charge in [0.1, 0.15) is 11.4 Å². The summed E-state index contributed by atoms with van der Waals surface area (Å²) in [7, 11) is 0. The quantitative estimate of drug-likeness (QED) is 0.655. The molecule has 0 N–H and O–H groups in total. The molecule has 4 heteroatoms. The Hall–Kier alpha value is -2.33. The van der Waals surface area contributed by atoms with Gasteiger partial charge in [-0.2, -0.15) is 0 Å². The van der Waals surface area contributed by atoms with Crippen LogP contribution in [0.25, 0.3) is 16.9 Å². The lowest BCUT2D eigenvalue weighted by Crippen LogP contribution is -2.42. The first kappa shape index (κ1) is 17.1. The zero-order valence-corrected chi connectivity index (χ0v) is 15.7. The van der Waals surface area contributed by atoms with Gasteiger partial charge in [0, 0.05) is 31.0 Å². The van der Waals surface area contributed by atoms with Crippen LogP contribution in [0.2, 0.25) is 0 Å². The van der Waals surface area contributed by atoms with Gasteiger partial charge < -0.3 is 9.14 Å². The summed E-state index contributed by atoms with van der Waals surface area (Å²) >= 11 is 0. The van der Waals surface area contributed by atoms with Gasteiger partial charge in [0.25, 0.3) is 0 Å². The lowest BCUT2D eigenvalue weighted by molar-refractivity contribution is 0.00983. The zero-order valence-electron chi connectivity index (χ0n) is 15.7. The molecule has 2 aromatic heterocycles. The van der Waals surface area contributed by atoms with Crippen LogP contribution in [0, 0.1) is 6.92 Å². The van der Waals surface area contributed by atoms with Crippen molar-refractivity contribution in [2.45, 2.75) is 45.8 Å². The lowest BCUT2D eigenvalue weighted by atomic mass is 10.1. The van der Waals surface area contributed by atoms with E-state index in [4.69, 9.17) is 9.72 Å². The van der Waals surface area contributed by atoms with E-state index in [-0.39, 0.29) is 6.23 Å². The van der Waals surface area contributed by atoms with Crippen LogP contribution in [0.4, 0.5) is 0 Å². The monoisotopic (exact) mass is 349 g/mol. The van der Waals surface area contributed by atoms with E-state index in [1.165, 1.54) is 24.8 Å². The van der Waals surface area contributed by atoms with Crippen molar-refractivity contribution in [3.05, 3.63) is 54.4 Å². The summed E-state index contributed by atoms with van der Waals surface area (Å²) in [5.74, 6) is 0.936. The number of piperidine rings is 1. The molecule has 1 saturated heterocycles. The number of aryl methyl sites for hydroxylation is 1. The first-order chi connectivity index (χ1) is 12.7. The molecule has 3 heterocycles. The van der Waals surface area contributed by atoms with Gasteiger partial charge in [-0.3, -0.25) is 4.90 Å². The van der Waals surface area contributed by atoms with Gasteiger partial charge in [-0.25, -0.2) is 4.98 Å². The maximum absolute atomic E-state index is 6.27. The minimum Gasteiger partial charge on any atom is -0.475 e. The first-order valence-corrected chi connectivity index (χ1v) is 9.69.